The lowest BCUT2D eigenvalue weighted by Crippen LogP contribution is -2.41. The Morgan fingerprint density at radius 1 is 1.30 bits per heavy atom. The largest absolute Gasteiger partial charge is 0.498 e. The van der Waals surface area contributed by atoms with Gasteiger partial charge in [-0.2, -0.15) is 5.26 Å². The van der Waals surface area contributed by atoms with Crippen molar-refractivity contribution in [2.24, 2.45) is 0 Å². The normalized spacial score (nSPS) is 21.6. The van der Waals surface area contributed by atoms with Crippen LogP contribution in [-0.2, 0) is 9.31 Å². The molecule has 6 heteroatoms. The fourth-order valence-corrected chi connectivity index (χ4v) is 2.15. The summed E-state index contributed by atoms with van der Waals surface area (Å²) in [5, 5.41) is 19.1. The Morgan fingerprint density at radius 3 is 2.30 bits per heavy atom. The first kappa shape index (κ1) is 15.0. The number of hydrogen-bond donors (Lipinski definition) is 1. The van der Waals surface area contributed by atoms with Crippen molar-refractivity contribution in [2.45, 2.75) is 51.9 Å². The minimum atomic E-state index is -0.723. The SMILES string of the molecule is CC(O)c1ccnc(C#N)c1B1OC(C)(C)C(C)(C)O1. The van der Waals surface area contributed by atoms with Gasteiger partial charge in [0.05, 0.1) is 17.3 Å². The number of aliphatic hydroxyl groups is 1. The third-order valence-corrected chi connectivity index (χ3v) is 4.07. The van der Waals surface area contributed by atoms with Gasteiger partial charge in [0.25, 0.3) is 0 Å². The van der Waals surface area contributed by atoms with E-state index in [1.54, 1.807) is 13.0 Å². The second-order valence-electron chi connectivity index (χ2n) is 6.04. The molecule has 1 aliphatic heterocycles. The molecule has 1 N–H and O–H groups in total. The average molecular weight is 274 g/mol. The van der Waals surface area contributed by atoms with Crippen molar-refractivity contribution in [1.29, 1.82) is 5.26 Å². The fourth-order valence-electron chi connectivity index (χ4n) is 2.15. The summed E-state index contributed by atoms with van der Waals surface area (Å²) < 4.78 is 11.9. The Bertz CT molecular complexity index is 548. The Hall–Kier alpha value is -1.42. The standard InChI is InChI=1S/C14H19BN2O3/c1-9(18)10-6-7-17-11(8-16)12(10)15-19-13(2,3)14(4,5)20-15/h6-7,9,18H,1-5H3. The van der Waals surface area contributed by atoms with Crippen molar-refractivity contribution in [3.05, 3.63) is 23.5 Å². The predicted molar refractivity (Wildman–Crippen MR) is 75.3 cm³/mol. The van der Waals surface area contributed by atoms with Gasteiger partial charge in [-0.05, 0) is 46.2 Å². The van der Waals surface area contributed by atoms with Crippen LogP contribution in [0.15, 0.2) is 12.3 Å². The number of nitriles is 1. The third kappa shape index (κ3) is 2.33. The van der Waals surface area contributed by atoms with Gasteiger partial charge >= 0.3 is 7.12 Å². The zero-order valence-electron chi connectivity index (χ0n) is 12.5. The molecular weight excluding hydrogens is 255 g/mol. The molecule has 0 saturated carbocycles. The summed E-state index contributed by atoms with van der Waals surface area (Å²) in [4.78, 5) is 4.05. The summed E-state index contributed by atoms with van der Waals surface area (Å²) >= 11 is 0. The van der Waals surface area contributed by atoms with Crippen LogP contribution >= 0.6 is 0 Å². The lowest BCUT2D eigenvalue weighted by atomic mass is 9.74. The van der Waals surface area contributed by atoms with Crippen molar-refractivity contribution in [1.82, 2.24) is 4.98 Å². The van der Waals surface area contributed by atoms with Crippen LogP contribution in [-0.4, -0.2) is 28.4 Å². The maximum Gasteiger partial charge on any atom is 0.498 e. The molecule has 1 aromatic rings. The maximum atomic E-state index is 9.90. The topological polar surface area (TPSA) is 75.4 Å². The van der Waals surface area contributed by atoms with E-state index in [4.69, 9.17) is 9.31 Å². The molecule has 1 atom stereocenters. The summed E-state index contributed by atoms with van der Waals surface area (Å²) in [7, 11) is -0.701. The molecule has 1 aromatic heterocycles. The number of nitrogens with zero attached hydrogens (tertiary/aromatic N) is 2. The van der Waals surface area contributed by atoms with Gasteiger partial charge in [-0.3, -0.25) is 0 Å². The van der Waals surface area contributed by atoms with Crippen LogP contribution in [0.4, 0.5) is 0 Å². The van der Waals surface area contributed by atoms with Gasteiger partial charge in [0.1, 0.15) is 11.8 Å². The second-order valence-corrected chi connectivity index (χ2v) is 6.04. The minimum Gasteiger partial charge on any atom is -0.399 e. The minimum absolute atomic E-state index is 0.224. The van der Waals surface area contributed by atoms with E-state index in [0.717, 1.165) is 0 Å². The van der Waals surface area contributed by atoms with Crippen LogP contribution in [0.3, 0.4) is 0 Å². The van der Waals surface area contributed by atoms with E-state index in [0.29, 0.717) is 11.0 Å². The summed E-state index contributed by atoms with van der Waals surface area (Å²) in [6.45, 7) is 9.41. The number of aliphatic hydroxyl groups excluding tert-OH is 1. The van der Waals surface area contributed by atoms with Crippen molar-refractivity contribution in [3.8, 4) is 6.07 Å². The molecular formula is C14H19BN2O3. The van der Waals surface area contributed by atoms with E-state index < -0.39 is 24.4 Å². The number of aromatic nitrogens is 1. The summed E-state index contributed by atoms with van der Waals surface area (Å²) in [6.07, 6.45) is 0.786. The van der Waals surface area contributed by atoms with Gasteiger partial charge in [0, 0.05) is 11.7 Å². The summed E-state index contributed by atoms with van der Waals surface area (Å²) in [6, 6.07) is 3.73. The summed E-state index contributed by atoms with van der Waals surface area (Å²) in [5.74, 6) is 0. The van der Waals surface area contributed by atoms with Crippen molar-refractivity contribution >= 4 is 12.6 Å². The molecule has 0 radical (unpaired) electrons. The lowest BCUT2D eigenvalue weighted by molar-refractivity contribution is 0.00578. The van der Waals surface area contributed by atoms with E-state index in [-0.39, 0.29) is 5.69 Å². The first-order valence-corrected chi connectivity index (χ1v) is 6.62. The molecule has 20 heavy (non-hydrogen) atoms. The second kappa shape index (κ2) is 4.85. The molecule has 0 spiro atoms. The molecule has 1 fully saturated rings. The zero-order chi connectivity index (χ0) is 15.1. The third-order valence-electron chi connectivity index (χ3n) is 4.07. The van der Waals surface area contributed by atoms with Crippen LogP contribution in [0.25, 0.3) is 0 Å². The molecule has 2 rings (SSSR count). The van der Waals surface area contributed by atoms with E-state index in [1.807, 2.05) is 33.8 Å². The van der Waals surface area contributed by atoms with Crippen LogP contribution in [0.5, 0.6) is 0 Å². The van der Waals surface area contributed by atoms with Gasteiger partial charge in [0.2, 0.25) is 0 Å². The predicted octanol–water partition coefficient (Wildman–Crippen LogP) is 1.31. The van der Waals surface area contributed by atoms with E-state index in [9.17, 15) is 10.4 Å². The van der Waals surface area contributed by atoms with Crippen molar-refractivity contribution < 1.29 is 14.4 Å². The Kier molecular flexibility index (Phi) is 3.63. The summed E-state index contributed by atoms with van der Waals surface area (Å²) in [5.41, 5.74) is 0.340. The molecule has 106 valence electrons. The molecule has 1 saturated heterocycles. The van der Waals surface area contributed by atoms with Crippen LogP contribution in [0.1, 0.15) is 52.0 Å². The molecule has 1 aliphatic rings. The van der Waals surface area contributed by atoms with E-state index >= 15 is 0 Å². The first-order valence-electron chi connectivity index (χ1n) is 6.62. The molecule has 0 aromatic carbocycles. The van der Waals surface area contributed by atoms with Crippen LogP contribution in [0.2, 0.25) is 0 Å². The van der Waals surface area contributed by atoms with E-state index in [2.05, 4.69) is 4.98 Å². The van der Waals surface area contributed by atoms with E-state index in [1.165, 1.54) is 6.20 Å². The highest BCUT2D eigenvalue weighted by atomic mass is 16.7. The van der Waals surface area contributed by atoms with Gasteiger partial charge in [-0.15, -0.1) is 0 Å². The van der Waals surface area contributed by atoms with Gasteiger partial charge in [0.15, 0.2) is 0 Å². The highest BCUT2D eigenvalue weighted by molar-refractivity contribution is 6.63. The van der Waals surface area contributed by atoms with Crippen molar-refractivity contribution in [3.63, 3.8) is 0 Å². The number of rotatable bonds is 2. The van der Waals surface area contributed by atoms with Gasteiger partial charge < -0.3 is 14.4 Å². The maximum absolute atomic E-state index is 9.90. The molecule has 0 bridgehead atoms. The lowest BCUT2D eigenvalue weighted by Gasteiger charge is -2.32. The highest BCUT2D eigenvalue weighted by Gasteiger charge is 2.53. The monoisotopic (exact) mass is 274 g/mol. The Balaban J connectivity index is 2.52. The Labute approximate surface area is 119 Å². The number of pyridine rings is 1. The average Bonchev–Trinajstić information content (AvgIpc) is 2.57. The number of hydrogen-bond acceptors (Lipinski definition) is 5. The molecule has 0 aliphatic carbocycles. The van der Waals surface area contributed by atoms with Gasteiger partial charge in [-0.1, -0.05) is 0 Å². The molecule has 0 amide bonds. The quantitative estimate of drug-likeness (QED) is 0.823. The molecule has 1 unspecified atom stereocenters. The Morgan fingerprint density at radius 2 is 1.85 bits per heavy atom. The van der Waals surface area contributed by atoms with Gasteiger partial charge in [-0.25, -0.2) is 4.98 Å². The zero-order valence-corrected chi connectivity index (χ0v) is 12.5. The molecule has 5 nitrogen and oxygen atoms in total. The molecule has 2 heterocycles. The fraction of sp³-hybridized carbons (Fsp3) is 0.571. The highest BCUT2D eigenvalue weighted by Crippen LogP contribution is 2.37. The smallest absolute Gasteiger partial charge is 0.399 e. The van der Waals surface area contributed by atoms with Crippen LogP contribution in [0, 0.1) is 11.3 Å². The van der Waals surface area contributed by atoms with Crippen LogP contribution < -0.4 is 5.46 Å². The van der Waals surface area contributed by atoms with Crippen molar-refractivity contribution in [2.75, 3.05) is 0 Å². The first-order chi connectivity index (χ1) is 9.19.